The minimum Gasteiger partial charge on any atom is -0.492 e. The van der Waals surface area contributed by atoms with E-state index in [0.29, 0.717) is 24.6 Å². The predicted octanol–water partition coefficient (Wildman–Crippen LogP) is 4.32. The number of likely N-dealkylation sites (N-methyl/N-ethyl adjacent to an activating group) is 1. The van der Waals surface area contributed by atoms with Crippen LogP contribution in [0.3, 0.4) is 0 Å². The maximum atomic E-state index is 12.8. The fourth-order valence-corrected chi connectivity index (χ4v) is 4.53. The summed E-state index contributed by atoms with van der Waals surface area (Å²) in [7, 11) is 4.04. The zero-order valence-corrected chi connectivity index (χ0v) is 19.5. The van der Waals surface area contributed by atoms with Gasteiger partial charge in [-0.3, -0.25) is 9.48 Å². The van der Waals surface area contributed by atoms with Gasteiger partial charge in [0, 0.05) is 18.5 Å². The van der Waals surface area contributed by atoms with Crippen LogP contribution < -0.4 is 10.1 Å². The number of carbonyl (C=O) groups is 1. The minimum absolute atomic E-state index is 0.0733. The highest BCUT2D eigenvalue weighted by Gasteiger charge is 2.16. The summed E-state index contributed by atoms with van der Waals surface area (Å²) in [6.07, 6.45) is 0. The summed E-state index contributed by atoms with van der Waals surface area (Å²) in [6, 6.07) is 20.0. The molecule has 0 bridgehead atoms. The van der Waals surface area contributed by atoms with Crippen LogP contribution in [0.5, 0.6) is 5.75 Å². The number of aryl methyl sites for hydroxylation is 1. The summed E-state index contributed by atoms with van der Waals surface area (Å²) >= 11 is 1.48. The Labute approximate surface area is 192 Å². The molecule has 7 heteroatoms. The third-order valence-electron chi connectivity index (χ3n) is 5.17. The van der Waals surface area contributed by atoms with Crippen LogP contribution in [0.2, 0.25) is 0 Å². The second-order valence-electron chi connectivity index (χ2n) is 8.04. The quantitative estimate of drug-likeness (QED) is 0.414. The van der Waals surface area contributed by atoms with Crippen LogP contribution in [0, 0.1) is 6.92 Å². The van der Waals surface area contributed by atoms with E-state index in [-0.39, 0.29) is 5.91 Å². The van der Waals surface area contributed by atoms with Crippen LogP contribution >= 0.6 is 11.3 Å². The molecule has 2 aromatic heterocycles. The van der Waals surface area contributed by atoms with Crippen LogP contribution in [0.1, 0.15) is 26.5 Å². The number of fused-ring (bicyclic) bond motifs is 1. The summed E-state index contributed by atoms with van der Waals surface area (Å²) in [5.41, 5.74) is 3.13. The minimum atomic E-state index is -0.0733. The number of thiophene rings is 1. The number of benzene rings is 2. The SMILES string of the molecule is Cc1nn(Cc2ccccc2)c2sc(C(=O)NCc3cccc(OCCN(C)C)c3)cc12. The second kappa shape index (κ2) is 9.97. The van der Waals surface area contributed by atoms with Gasteiger partial charge in [0.2, 0.25) is 0 Å². The summed E-state index contributed by atoms with van der Waals surface area (Å²) in [6.45, 7) is 4.61. The smallest absolute Gasteiger partial charge is 0.261 e. The van der Waals surface area contributed by atoms with Gasteiger partial charge in [-0.2, -0.15) is 5.10 Å². The first-order chi connectivity index (χ1) is 15.5. The van der Waals surface area contributed by atoms with Crippen molar-refractivity contribution in [2.24, 2.45) is 0 Å². The van der Waals surface area contributed by atoms with Crippen LogP contribution in [-0.4, -0.2) is 47.8 Å². The van der Waals surface area contributed by atoms with Crippen molar-refractivity contribution in [3.8, 4) is 5.75 Å². The van der Waals surface area contributed by atoms with Crippen molar-refractivity contribution in [3.63, 3.8) is 0 Å². The molecule has 1 amide bonds. The van der Waals surface area contributed by atoms with Crippen molar-refractivity contribution < 1.29 is 9.53 Å². The van der Waals surface area contributed by atoms with E-state index in [1.165, 1.54) is 16.9 Å². The van der Waals surface area contributed by atoms with E-state index in [2.05, 4.69) is 27.4 Å². The maximum absolute atomic E-state index is 12.8. The molecule has 32 heavy (non-hydrogen) atoms. The Hall–Kier alpha value is -3.16. The Morgan fingerprint density at radius 1 is 1.09 bits per heavy atom. The Morgan fingerprint density at radius 2 is 1.88 bits per heavy atom. The number of hydrogen-bond acceptors (Lipinski definition) is 5. The first kappa shape index (κ1) is 22.0. The van der Waals surface area contributed by atoms with Crippen molar-refractivity contribution in [1.82, 2.24) is 20.0 Å². The molecule has 2 heterocycles. The lowest BCUT2D eigenvalue weighted by Crippen LogP contribution is -2.22. The number of rotatable bonds is 9. The highest BCUT2D eigenvalue weighted by molar-refractivity contribution is 7.20. The van der Waals surface area contributed by atoms with Gasteiger partial charge in [0.25, 0.3) is 5.91 Å². The van der Waals surface area contributed by atoms with Crippen molar-refractivity contribution in [3.05, 3.63) is 82.4 Å². The molecule has 0 radical (unpaired) electrons. The third kappa shape index (κ3) is 5.36. The van der Waals surface area contributed by atoms with Gasteiger partial charge in [0.15, 0.2) is 0 Å². The van der Waals surface area contributed by atoms with Gasteiger partial charge in [-0.1, -0.05) is 42.5 Å². The lowest BCUT2D eigenvalue weighted by Gasteiger charge is -2.12. The van der Waals surface area contributed by atoms with E-state index in [4.69, 9.17) is 4.74 Å². The van der Waals surface area contributed by atoms with Crippen molar-refractivity contribution in [2.75, 3.05) is 27.2 Å². The van der Waals surface area contributed by atoms with E-state index in [0.717, 1.165) is 33.8 Å². The fraction of sp³-hybridized carbons (Fsp3) is 0.280. The summed E-state index contributed by atoms with van der Waals surface area (Å²) < 4.78 is 7.77. The largest absolute Gasteiger partial charge is 0.492 e. The maximum Gasteiger partial charge on any atom is 0.261 e. The average Bonchev–Trinajstić information content (AvgIpc) is 3.34. The molecule has 0 aliphatic heterocycles. The Balaban J connectivity index is 1.41. The molecule has 2 aromatic carbocycles. The summed E-state index contributed by atoms with van der Waals surface area (Å²) in [5.74, 6) is 0.743. The molecule has 0 spiro atoms. The van der Waals surface area contributed by atoms with Crippen LogP contribution in [0.4, 0.5) is 0 Å². The van der Waals surface area contributed by atoms with Crippen molar-refractivity contribution in [2.45, 2.75) is 20.0 Å². The standard InChI is InChI=1S/C25H28N4O2S/c1-18-22-15-23(32-25(22)29(27-18)17-19-8-5-4-6-9-19)24(30)26-16-20-10-7-11-21(14-20)31-13-12-28(2)3/h4-11,14-15H,12-13,16-17H2,1-3H3,(H,26,30). The third-order valence-corrected chi connectivity index (χ3v) is 6.31. The topological polar surface area (TPSA) is 59.4 Å². The van der Waals surface area contributed by atoms with E-state index < -0.39 is 0 Å². The van der Waals surface area contributed by atoms with Gasteiger partial charge < -0.3 is 15.0 Å². The average molecular weight is 449 g/mol. The molecule has 0 unspecified atom stereocenters. The first-order valence-corrected chi connectivity index (χ1v) is 11.5. The monoisotopic (exact) mass is 448 g/mol. The highest BCUT2D eigenvalue weighted by atomic mass is 32.1. The number of amides is 1. The van der Waals surface area contributed by atoms with Crippen molar-refractivity contribution >= 4 is 27.5 Å². The highest BCUT2D eigenvalue weighted by Crippen LogP contribution is 2.29. The molecule has 0 aliphatic carbocycles. The van der Waals surface area contributed by atoms with Gasteiger partial charge in [0.05, 0.1) is 17.1 Å². The van der Waals surface area contributed by atoms with Gasteiger partial charge in [0.1, 0.15) is 17.2 Å². The zero-order chi connectivity index (χ0) is 22.5. The predicted molar refractivity (Wildman–Crippen MR) is 130 cm³/mol. The molecule has 4 rings (SSSR count). The van der Waals surface area contributed by atoms with E-state index in [1.807, 2.05) is 74.2 Å². The Bertz CT molecular complexity index is 1200. The molecule has 0 saturated carbocycles. The number of nitrogens with zero attached hydrogens (tertiary/aromatic N) is 3. The van der Waals surface area contributed by atoms with Gasteiger partial charge >= 0.3 is 0 Å². The normalized spacial score (nSPS) is 11.2. The number of ether oxygens (including phenoxy) is 1. The molecule has 1 N–H and O–H groups in total. The second-order valence-corrected chi connectivity index (χ2v) is 9.07. The summed E-state index contributed by atoms with van der Waals surface area (Å²) in [4.78, 5) is 16.6. The molecule has 4 aromatic rings. The zero-order valence-electron chi connectivity index (χ0n) is 18.7. The fourth-order valence-electron chi connectivity index (χ4n) is 3.45. The van der Waals surface area contributed by atoms with E-state index in [9.17, 15) is 4.79 Å². The molecule has 0 fully saturated rings. The van der Waals surface area contributed by atoms with E-state index >= 15 is 0 Å². The molecule has 6 nitrogen and oxygen atoms in total. The van der Waals surface area contributed by atoms with Gasteiger partial charge in [-0.05, 0) is 50.3 Å². The van der Waals surface area contributed by atoms with Gasteiger partial charge in [-0.15, -0.1) is 11.3 Å². The van der Waals surface area contributed by atoms with E-state index in [1.54, 1.807) is 0 Å². The molecule has 0 atom stereocenters. The van der Waals surface area contributed by atoms with Crippen LogP contribution in [-0.2, 0) is 13.1 Å². The van der Waals surface area contributed by atoms with Gasteiger partial charge in [-0.25, -0.2) is 0 Å². The molecular weight excluding hydrogens is 420 g/mol. The Morgan fingerprint density at radius 3 is 2.66 bits per heavy atom. The number of hydrogen-bond donors (Lipinski definition) is 1. The number of nitrogens with one attached hydrogen (secondary N) is 1. The Kier molecular flexibility index (Phi) is 6.87. The molecular formula is C25H28N4O2S. The lowest BCUT2D eigenvalue weighted by molar-refractivity contribution is 0.0955. The number of aromatic nitrogens is 2. The van der Waals surface area contributed by atoms with Crippen molar-refractivity contribution in [1.29, 1.82) is 0 Å². The molecule has 0 saturated heterocycles. The molecule has 166 valence electrons. The van der Waals surface area contributed by atoms with Crippen LogP contribution in [0.15, 0.2) is 60.7 Å². The molecule has 0 aliphatic rings. The summed E-state index contributed by atoms with van der Waals surface area (Å²) in [5, 5.41) is 8.73. The lowest BCUT2D eigenvalue weighted by atomic mass is 10.2. The first-order valence-electron chi connectivity index (χ1n) is 10.6. The number of carbonyl (C=O) groups excluding carboxylic acids is 1. The van der Waals surface area contributed by atoms with Crippen LogP contribution in [0.25, 0.3) is 10.2 Å².